The van der Waals surface area contributed by atoms with Crippen LogP contribution in [0.5, 0.6) is 0 Å². The third-order valence-electron chi connectivity index (χ3n) is 3.71. The molecule has 1 saturated carbocycles. The van der Waals surface area contributed by atoms with Crippen LogP contribution < -0.4 is 0 Å². The number of hydrogen-bond donors (Lipinski definition) is 0. The first-order chi connectivity index (χ1) is 8.56. The van der Waals surface area contributed by atoms with Crippen LogP contribution in [0.1, 0.15) is 30.1 Å². The number of carbonyl (C=O) groups excluding carboxylic acids is 1. The highest BCUT2D eigenvalue weighted by molar-refractivity contribution is 9.10. The second-order valence-electron chi connectivity index (χ2n) is 5.42. The Bertz CT molecular complexity index is 415. The highest BCUT2D eigenvalue weighted by Gasteiger charge is 2.32. The number of rotatable bonds is 6. The SMILES string of the molecule is CC1CC1CN(C)CCC(=O)c1ccc(Br)cc1. The molecular formula is C15H20BrNO. The van der Waals surface area contributed by atoms with Crippen molar-refractivity contribution in [2.75, 3.05) is 20.1 Å². The summed E-state index contributed by atoms with van der Waals surface area (Å²) in [5.41, 5.74) is 0.811. The topological polar surface area (TPSA) is 20.3 Å². The fourth-order valence-corrected chi connectivity index (χ4v) is 2.48. The third kappa shape index (κ3) is 3.92. The smallest absolute Gasteiger partial charge is 0.164 e. The number of ketones is 1. The highest BCUT2D eigenvalue weighted by atomic mass is 79.9. The molecule has 1 fully saturated rings. The van der Waals surface area contributed by atoms with Crippen LogP contribution in [0.15, 0.2) is 28.7 Å². The van der Waals surface area contributed by atoms with Gasteiger partial charge in [0.15, 0.2) is 5.78 Å². The molecule has 98 valence electrons. The Morgan fingerprint density at radius 3 is 2.56 bits per heavy atom. The van der Waals surface area contributed by atoms with E-state index in [-0.39, 0.29) is 5.78 Å². The molecule has 2 atom stereocenters. The summed E-state index contributed by atoms with van der Waals surface area (Å²) in [5.74, 6) is 1.98. The first kappa shape index (κ1) is 13.8. The fourth-order valence-electron chi connectivity index (χ4n) is 2.22. The molecule has 2 nitrogen and oxygen atoms in total. The summed E-state index contributed by atoms with van der Waals surface area (Å²) in [6.45, 7) is 4.29. The molecule has 0 spiro atoms. The molecule has 0 aliphatic heterocycles. The lowest BCUT2D eigenvalue weighted by molar-refractivity contribution is 0.0968. The Balaban J connectivity index is 1.75. The van der Waals surface area contributed by atoms with Gasteiger partial charge in [-0.1, -0.05) is 35.0 Å². The van der Waals surface area contributed by atoms with Crippen LogP contribution >= 0.6 is 15.9 Å². The minimum Gasteiger partial charge on any atom is -0.306 e. The summed E-state index contributed by atoms with van der Waals surface area (Å²) in [4.78, 5) is 14.3. The fraction of sp³-hybridized carbons (Fsp3) is 0.533. The molecule has 1 aliphatic carbocycles. The van der Waals surface area contributed by atoms with E-state index in [0.717, 1.165) is 35.0 Å². The van der Waals surface area contributed by atoms with E-state index in [1.54, 1.807) is 0 Å². The minimum absolute atomic E-state index is 0.234. The van der Waals surface area contributed by atoms with Crippen LogP contribution in [0.25, 0.3) is 0 Å². The van der Waals surface area contributed by atoms with Crippen LogP contribution in [-0.4, -0.2) is 30.8 Å². The maximum Gasteiger partial charge on any atom is 0.164 e. The number of nitrogens with zero attached hydrogens (tertiary/aromatic N) is 1. The van der Waals surface area contributed by atoms with E-state index in [0.29, 0.717) is 6.42 Å². The molecule has 0 bridgehead atoms. The maximum atomic E-state index is 12.0. The predicted octanol–water partition coefficient (Wildman–Crippen LogP) is 3.61. The Morgan fingerprint density at radius 1 is 1.39 bits per heavy atom. The van der Waals surface area contributed by atoms with Gasteiger partial charge in [0.2, 0.25) is 0 Å². The van der Waals surface area contributed by atoms with Gasteiger partial charge < -0.3 is 4.90 Å². The maximum absolute atomic E-state index is 12.0. The van der Waals surface area contributed by atoms with Crippen molar-refractivity contribution < 1.29 is 4.79 Å². The normalized spacial score (nSPS) is 22.2. The predicted molar refractivity (Wildman–Crippen MR) is 77.9 cm³/mol. The summed E-state index contributed by atoms with van der Waals surface area (Å²) < 4.78 is 1.01. The number of benzene rings is 1. The molecule has 18 heavy (non-hydrogen) atoms. The molecule has 0 N–H and O–H groups in total. The standard InChI is InChI=1S/C15H20BrNO/c1-11-9-13(11)10-17(2)8-7-15(18)12-3-5-14(16)6-4-12/h3-6,11,13H,7-10H2,1-2H3. The first-order valence-corrected chi connectivity index (χ1v) is 7.33. The van der Waals surface area contributed by atoms with Crippen LogP contribution in [-0.2, 0) is 0 Å². The van der Waals surface area contributed by atoms with E-state index < -0.39 is 0 Å². The molecule has 0 saturated heterocycles. The van der Waals surface area contributed by atoms with Gasteiger partial charge in [-0.05, 0) is 37.4 Å². The zero-order valence-corrected chi connectivity index (χ0v) is 12.6. The largest absolute Gasteiger partial charge is 0.306 e. The minimum atomic E-state index is 0.234. The van der Waals surface area contributed by atoms with Gasteiger partial charge in [-0.3, -0.25) is 4.79 Å². The molecule has 1 aromatic carbocycles. The lowest BCUT2D eigenvalue weighted by Crippen LogP contribution is -2.24. The first-order valence-electron chi connectivity index (χ1n) is 6.53. The van der Waals surface area contributed by atoms with Crippen molar-refractivity contribution in [2.24, 2.45) is 11.8 Å². The molecule has 0 radical (unpaired) electrons. The van der Waals surface area contributed by atoms with Gasteiger partial charge in [0.25, 0.3) is 0 Å². The van der Waals surface area contributed by atoms with Crippen molar-refractivity contribution in [3.63, 3.8) is 0 Å². The number of hydrogen-bond acceptors (Lipinski definition) is 2. The lowest BCUT2D eigenvalue weighted by Gasteiger charge is -2.15. The molecule has 0 heterocycles. The Kier molecular flexibility index (Phi) is 4.57. The van der Waals surface area contributed by atoms with E-state index in [1.165, 1.54) is 6.42 Å². The van der Waals surface area contributed by atoms with Crippen molar-refractivity contribution in [1.29, 1.82) is 0 Å². The van der Waals surface area contributed by atoms with E-state index in [1.807, 2.05) is 24.3 Å². The number of halogens is 1. The van der Waals surface area contributed by atoms with Crippen molar-refractivity contribution >= 4 is 21.7 Å². The van der Waals surface area contributed by atoms with Crippen LogP contribution in [0.4, 0.5) is 0 Å². The molecule has 0 aromatic heterocycles. The Labute approximate surface area is 117 Å². The van der Waals surface area contributed by atoms with E-state index in [4.69, 9.17) is 0 Å². The van der Waals surface area contributed by atoms with Crippen LogP contribution in [0.3, 0.4) is 0 Å². The van der Waals surface area contributed by atoms with Crippen molar-refractivity contribution in [3.8, 4) is 0 Å². The second kappa shape index (κ2) is 5.98. The van der Waals surface area contributed by atoms with E-state index >= 15 is 0 Å². The van der Waals surface area contributed by atoms with Crippen LogP contribution in [0.2, 0.25) is 0 Å². The number of Topliss-reactive ketones (excluding diaryl/α,β-unsaturated/α-hetero) is 1. The highest BCUT2D eigenvalue weighted by Crippen LogP contribution is 2.37. The van der Waals surface area contributed by atoms with E-state index in [2.05, 4.69) is 34.8 Å². The van der Waals surface area contributed by atoms with Gasteiger partial charge >= 0.3 is 0 Å². The summed E-state index contributed by atoms with van der Waals surface area (Å²) in [7, 11) is 2.11. The summed E-state index contributed by atoms with van der Waals surface area (Å²) in [6, 6.07) is 7.61. The molecule has 1 aromatic rings. The second-order valence-corrected chi connectivity index (χ2v) is 6.33. The van der Waals surface area contributed by atoms with Crippen LogP contribution in [0, 0.1) is 11.8 Å². The third-order valence-corrected chi connectivity index (χ3v) is 4.24. The molecule has 0 amide bonds. The molecular weight excluding hydrogens is 290 g/mol. The van der Waals surface area contributed by atoms with Gasteiger partial charge in [0, 0.05) is 29.5 Å². The van der Waals surface area contributed by atoms with E-state index in [9.17, 15) is 4.79 Å². The van der Waals surface area contributed by atoms with Gasteiger partial charge in [0.1, 0.15) is 0 Å². The zero-order chi connectivity index (χ0) is 13.1. The molecule has 1 aliphatic rings. The summed E-state index contributed by atoms with van der Waals surface area (Å²) >= 11 is 3.38. The summed E-state index contributed by atoms with van der Waals surface area (Å²) in [6.07, 6.45) is 1.96. The average molecular weight is 310 g/mol. The summed E-state index contributed by atoms with van der Waals surface area (Å²) in [5, 5.41) is 0. The Morgan fingerprint density at radius 2 is 2.00 bits per heavy atom. The zero-order valence-electron chi connectivity index (χ0n) is 11.0. The molecule has 3 heteroatoms. The van der Waals surface area contributed by atoms with Crippen molar-refractivity contribution in [3.05, 3.63) is 34.3 Å². The number of carbonyl (C=O) groups is 1. The van der Waals surface area contributed by atoms with Gasteiger partial charge in [-0.15, -0.1) is 0 Å². The van der Waals surface area contributed by atoms with Crippen molar-refractivity contribution in [2.45, 2.75) is 19.8 Å². The molecule has 2 unspecified atom stereocenters. The lowest BCUT2D eigenvalue weighted by atomic mass is 10.1. The van der Waals surface area contributed by atoms with Gasteiger partial charge in [-0.25, -0.2) is 0 Å². The van der Waals surface area contributed by atoms with Crippen molar-refractivity contribution in [1.82, 2.24) is 4.90 Å². The Hall–Kier alpha value is -0.670. The quantitative estimate of drug-likeness (QED) is 0.748. The average Bonchev–Trinajstić information content (AvgIpc) is 3.02. The monoisotopic (exact) mass is 309 g/mol. The van der Waals surface area contributed by atoms with Gasteiger partial charge in [0.05, 0.1) is 0 Å². The van der Waals surface area contributed by atoms with Gasteiger partial charge in [-0.2, -0.15) is 0 Å². The molecule has 2 rings (SSSR count).